The maximum Gasteiger partial charge on any atom is 0.168 e. The summed E-state index contributed by atoms with van der Waals surface area (Å²) in [5.74, 6) is 5.07. The molecule has 0 aliphatic rings. The van der Waals surface area contributed by atoms with E-state index in [1.54, 1.807) is 31.2 Å². The van der Waals surface area contributed by atoms with Gasteiger partial charge in [0.25, 0.3) is 0 Å². The molecule has 21 heavy (non-hydrogen) atoms. The Balaban J connectivity index is 2.31. The third kappa shape index (κ3) is 3.37. The summed E-state index contributed by atoms with van der Waals surface area (Å²) in [5.41, 5.74) is 4.75. The predicted octanol–water partition coefficient (Wildman–Crippen LogP) is 3.03. The van der Waals surface area contributed by atoms with Crippen LogP contribution < -0.4 is 16.0 Å². The molecule has 0 saturated carbocycles. The Labute approximate surface area is 122 Å². The molecule has 0 amide bonds. The quantitative estimate of drug-likeness (QED) is 0.658. The first-order valence-corrected chi connectivity index (χ1v) is 6.60. The molecule has 1 unspecified atom stereocenters. The summed E-state index contributed by atoms with van der Waals surface area (Å²) in [5, 5.41) is 0. The van der Waals surface area contributed by atoms with Crippen LogP contribution in [0.2, 0.25) is 0 Å². The van der Waals surface area contributed by atoms with Gasteiger partial charge >= 0.3 is 0 Å². The number of hydrogen-bond acceptors (Lipinski definition) is 3. The van der Waals surface area contributed by atoms with E-state index in [9.17, 15) is 8.78 Å². The van der Waals surface area contributed by atoms with Crippen molar-refractivity contribution in [3.8, 4) is 5.75 Å². The molecule has 2 rings (SSSR count). The van der Waals surface area contributed by atoms with Crippen LogP contribution in [0.5, 0.6) is 5.75 Å². The molecule has 5 heteroatoms. The lowest BCUT2D eigenvalue weighted by atomic mass is 9.95. The Morgan fingerprint density at radius 1 is 1.24 bits per heavy atom. The molecular formula is C16H18F2N2O. The number of halogens is 2. The van der Waals surface area contributed by atoms with Crippen LogP contribution in [0, 0.1) is 18.6 Å². The van der Waals surface area contributed by atoms with Gasteiger partial charge in [0.05, 0.1) is 13.2 Å². The van der Waals surface area contributed by atoms with Crippen molar-refractivity contribution in [2.45, 2.75) is 19.4 Å². The zero-order valence-electron chi connectivity index (χ0n) is 12.0. The highest BCUT2D eigenvalue weighted by Gasteiger charge is 2.17. The van der Waals surface area contributed by atoms with Gasteiger partial charge in [-0.1, -0.05) is 18.2 Å². The number of aryl methyl sites for hydroxylation is 1. The molecule has 0 fully saturated rings. The van der Waals surface area contributed by atoms with Crippen molar-refractivity contribution in [2.75, 3.05) is 7.11 Å². The zero-order chi connectivity index (χ0) is 15.4. The fourth-order valence-corrected chi connectivity index (χ4v) is 2.38. The highest BCUT2D eigenvalue weighted by Crippen LogP contribution is 2.26. The van der Waals surface area contributed by atoms with Gasteiger partial charge in [-0.15, -0.1) is 0 Å². The Kier molecular flexibility index (Phi) is 4.88. The van der Waals surface area contributed by atoms with E-state index in [4.69, 9.17) is 10.6 Å². The minimum Gasteiger partial charge on any atom is -0.494 e. The monoisotopic (exact) mass is 292 g/mol. The van der Waals surface area contributed by atoms with E-state index in [2.05, 4.69) is 5.43 Å². The van der Waals surface area contributed by atoms with Crippen LogP contribution in [0.15, 0.2) is 36.4 Å². The topological polar surface area (TPSA) is 47.3 Å². The van der Waals surface area contributed by atoms with Crippen LogP contribution in [0.3, 0.4) is 0 Å². The van der Waals surface area contributed by atoms with E-state index in [-0.39, 0.29) is 17.6 Å². The molecule has 0 aromatic heterocycles. The van der Waals surface area contributed by atoms with Crippen LogP contribution in [-0.2, 0) is 6.42 Å². The number of nitrogens with two attached hydrogens (primary N) is 1. The molecule has 3 N–H and O–H groups in total. The standard InChI is InChI=1S/C16H18F2N2O/c1-10-8-12(17)6-7-13(10)14(20-19)9-11-4-3-5-15(21-2)16(11)18/h3-8,14,20H,9,19H2,1-2H3. The number of nitrogens with one attached hydrogen (secondary N) is 1. The molecule has 2 aromatic carbocycles. The highest BCUT2D eigenvalue weighted by molar-refractivity contribution is 5.35. The summed E-state index contributed by atoms with van der Waals surface area (Å²) >= 11 is 0. The van der Waals surface area contributed by atoms with Gasteiger partial charge < -0.3 is 4.74 Å². The molecule has 0 heterocycles. The van der Waals surface area contributed by atoms with E-state index in [0.717, 1.165) is 11.1 Å². The maximum absolute atomic E-state index is 14.2. The van der Waals surface area contributed by atoms with Crippen molar-refractivity contribution in [1.29, 1.82) is 0 Å². The number of benzene rings is 2. The van der Waals surface area contributed by atoms with Crippen LogP contribution in [0.25, 0.3) is 0 Å². The number of hydrazine groups is 1. The van der Waals surface area contributed by atoms with Crippen molar-refractivity contribution in [3.05, 3.63) is 64.7 Å². The van der Waals surface area contributed by atoms with E-state index >= 15 is 0 Å². The molecule has 0 spiro atoms. The first-order chi connectivity index (χ1) is 10.1. The highest BCUT2D eigenvalue weighted by atomic mass is 19.1. The van der Waals surface area contributed by atoms with Crippen LogP contribution in [-0.4, -0.2) is 7.11 Å². The Hall–Kier alpha value is -1.98. The van der Waals surface area contributed by atoms with Gasteiger partial charge in [-0.25, -0.2) is 8.78 Å². The molecule has 0 aliphatic carbocycles. The fraction of sp³-hybridized carbons (Fsp3) is 0.250. The second-order valence-corrected chi connectivity index (χ2v) is 4.86. The average Bonchev–Trinajstić information content (AvgIpc) is 2.47. The maximum atomic E-state index is 14.2. The molecule has 0 radical (unpaired) electrons. The Morgan fingerprint density at radius 2 is 2.00 bits per heavy atom. The average molecular weight is 292 g/mol. The number of methoxy groups -OCH3 is 1. The van der Waals surface area contributed by atoms with E-state index in [1.807, 2.05) is 0 Å². The third-order valence-corrected chi connectivity index (χ3v) is 3.50. The van der Waals surface area contributed by atoms with Gasteiger partial charge in [0.2, 0.25) is 0 Å². The van der Waals surface area contributed by atoms with Crippen molar-refractivity contribution in [1.82, 2.24) is 5.43 Å². The summed E-state index contributed by atoms with van der Waals surface area (Å²) in [6.07, 6.45) is 0.339. The largest absolute Gasteiger partial charge is 0.494 e. The van der Waals surface area contributed by atoms with Crippen LogP contribution in [0.1, 0.15) is 22.7 Å². The van der Waals surface area contributed by atoms with Gasteiger partial charge in [-0.2, -0.15) is 0 Å². The number of rotatable bonds is 5. The lowest BCUT2D eigenvalue weighted by molar-refractivity contribution is 0.382. The Bertz CT molecular complexity index is 632. The van der Waals surface area contributed by atoms with E-state index < -0.39 is 5.82 Å². The van der Waals surface area contributed by atoms with Crippen LogP contribution in [0.4, 0.5) is 8.78 Å². The molecule has 0 bridgehead atoms. The Morgan fingerprint density at radius 3 is 2.62 bits per heavy atom. The summed E-state index contributed by atoms with van der Waals surface area (Å²) in [6.45, 7) is 1.80. The molecule has 0 saturated heterocycles. The fourth-order valence-electron chi connectivity index (χ4n) is 2.38. The van der Waals surface area contributed by atoms with Gasteiger partial charge in [0, 0.05) is 0 Å². The molecule has 2 aromatic rings. The summed E-state index contributed by atoms with van der Waals surface area (Å²) in [4.78, 5) is 0. The van der Waals surface area contributed by atoms with Gasteiger partial charge in [0.1, 0.15) is 5.82 Å². The van der Waals surface area contributed by atoms with E-state index in [0.29, 0.717) is 12.0 Å². The third-order valence-electron chi connectivity index (χ3n) is 3.50. The first kappa shape index (κ1) is 15.4. The smallest absolute Gasteiger partial charge is 0.168 e. The van der Waals surface area contributed by atoms with Gasteiger partial charge in [-0.05, 0) is 48.2 Å². The molecule has 1 atom stereocenters. The summed E-state index contributed by atoms with van der Waals surface area (Å²) < 4.78 is 32.3. The number of ether oxygens (including phenoxy) is 1. The number of hydrogen-bond donors (Lipinski definition) is 2. The SMILES string of the molecule is COc1cccc(CC(NN)c2ccc(F)cc2C)c1F. The second kappa shape index (κ2) is 6.65. The van der Waals surface area contributed by atoms with Crippen molar-refractivity contribution < 1.29 is 13.5 Å². The lowest BCUT2D eigenvalue weighted by Gasteiger charge is -2.19. The molecule has 112 valence electrons. The van der Waals surface area contributed by atoms with Gasteiger partial charge in [0.15, 0.2) is 11.6 Å². The second-order valence-electron chi connectivity index (χ2n) is 4.86. The molecule has 3 nitrogen and oxygen atoms in total. The zero-order valence-corrected chi connectivity index (χ0v) is 12.0. The van der Waals surface area contributed by atoms with Crippen molar-refractivity contribution in [3.63, 3.8) is 0 Å². The lowest BCUT2D eigenvalue weighted by Crippen LogP contribution is -2.30. The minimum absolute atomic E-state index is 0.194. The van der Waals surface area contributed by atoms with Crippen LogP contribution >= 0.6 is 0 Å². The summed E-state index contributed by atoms with van der Waals surface area (Å²) in [7, 11) is 1.42. The van der Waals surface area contributed by atoms with Gasteiger partial charge in [-0.3, -0.25) is 11.3 Å². The molecule has 0 aliphatic heterocycles. The first-order valence-electron chi connectivity index (χ1n) is 6.60. The molecular weight excluding hydrogens is 274 g/mol. The van der Waals surface area contributed by atoms with Crippen molar-refractivity contribution >= 4 is 0 Å². The van der Waals surface area contributed by atoms with Crippen molar-refractivity contribution in [2.24, 2.45) is 5.84 Å². The summed E-state index contributed by atoms with van der Waals surface area (Å²) in [6, 6.07) is 9.12. The predicted molar refractivity (Wildman–Crippen MR) is 77.9 cm³/mol. The minimum atomic E-state index is -0.403. The van der Waals surface area contributed by atoms with E-state index in [1.165, 1.54) is 19.2 Å². The normalized spacial score (nSPS) is 12.2.